The molecule has 3 aromatic heterocycles. The van der Waals surface area contributed by atoms with Crippen LogP contribution in [0.2, 0.25) is 0 Å². The lowest BCUT2D eigenvalue weighted by Gasteiger charge is -1.98. The zero-order chi connectivity index (χ0) is 15.6. The number of para-hydroxylation sites is 1. The molecule has 0 aliphatic carbocycles. The Hall–Kier alpha value is -2.58. The number of hydrogen-bond acceptors (Lipinski definition) is 6. The Balaban J connectivity index is 1.45. The van der Waals surface area contributed by atoms with Crippen LogP contribution >= 0.6 is 22.7 Å². The average molecular weight is 341 g/mol. The molecule has 0 unspecified atom stereocenters. The largest absolute Gasteiger partial charge is 0.344 e. The van der Waals surface area contributed by atoms with Crippen LogP contribution in [0.1, 0.15) is 15.5 Å². The van der Waals surface area contributed by atoms with Crippen molar-refractivity contribution in [1.29, 1.82) is 0 Å². The Morgan fingerprint density at radius 2 is 2.17 bits per heavy atom. The molecule has 1 amide bonds. The summed E-state index contributed by atoms with van der Waals surface area (Å²) in [5.41, 5.74) is 2.50. The normalized spacial score (nSPS) is 11.0. The molecule has 0 saturated heterocycles. The molecular weight excluding hydrogens is 330 g/mol. The Bertz CT molecular complexity index is 924. The summed E-state index contributed by atoms with van der Waals surface area (Å²) in [6.07, 6.45) is 1.81. The molecule has 0 saturated carbocycles. The summed E-state index contributed by atoms with van der Waals surface area (Å²) >= 11 is 2.98. The SMILES string of the molecule is O=C(NCc1cn(-c2ccsc2)nn1)c1nc2ccccc2s1. The Morgan fingerprint density at radius 1 is 1.26 bits per heavy atom. The third-order valence-corrected chi connectivity index (χ3v) is 4.94. The van der Waals surface area contributed by atoms with E-state index >= 15 is 0 Å². The molecule has 0 aliphatic heterocycles. The molecule has 114 valence electrons. The van der Waals surface area contributed by atoms with Crippen molar-refractivity contribution in [2.45, 2.75) is 6.54 Å². The molecule has 4 rings (SSSR count). The summed E-state index contributed by atoms with van der Waals surface area (Å²) in [6, 6.07) is 9.66. The molecule has 3 heterocycles. The molecule has 1 N–H and O–H groups in total. The summed E-state index contributed by atoms with van der Waals surface area (Å²) in [5.74, 6) is -0.198. The fourth-order valence-corrected chi connectivity index (χ4v) is 3.61. The summed E-state index contributed by atoms with van der Waals surface area (Å²) in [7, 11) is 0. The maximum Gasteiger partial charge on any atom is 0.280 e. The Kier molecular flexibility index (Phi) is 3.60. The number of rotatable bonds is 4. The molecule has 0 spiro atoms. The maximum absolute atomic E-state index is 12.2. The predicted molar refractivity (Wildman–Crippen MR) is 90.0 cm³/mol. The Morgan fingerprint density at radius 3 is 3.00 bits per heavy atom. The second-order valence-corrected chi connectivity index (χ2v) is 6.62. The number of nitrogens with zero attached hydrogens (tertiary/aromatic N) is 4. The minimum Gasteiger partial charge on any atom is -0.344 e. The van der Waals surface area contributed by atoms with Crippen molar-refractivity contribution in [2.75, 3.05) is 0 Å². The van der Waals surface area contributed by atoms with Gasteiger partial charge in [-0.1, -0.05) is 17.3 Å². The molecule has 0 atom stereocenters. The number of carbonyl (C=O) groups excluding carboxylic acids is 1. The average Bonchev–Trinajstić information content (AvgIpc) is 3.31. The molecular formula is C15H11N5OS2. The number of nitrogens with one attached hydrogen (secondary N) is 1. The van der Waals surface area contributed by atoms with Gasteiger partial charge in [0.2, 0.25) is 0 Å². The van der Waals surface area contributed by atoms with E-state index in [0.29, 0.717) is 17.2 Å². The van der Waals surface area contributed by atoms with E-state index in [0.717, 1.165) is 15.9 Å². The van der Waals surface area contributed by atoms with Gasteiger partial charge < -0.3 is 5.32 Å². The van der Waals surface area contributed by atoms with E-state index in [9.17, 15) is 4.79 Å². The highest BCUT2D eigenvalue weighted by Gasteiger charge is 2.12. The standard InChI is InChI=1S/C15H11N5OS2/c21-14(15-17-12-3-1-2-4-13(12)23-15)16-7-10-8-20(19-18-10)11-5-6-22-9-11/h1-6,8-9H,7H2,(H,16,21). The van der Waals surface area contributed by atoms with Gasteiger partial charge in [-0.05, 0) is 23.6 Å². The van der Waals surface area contributed by atoms with Gasteiger partial charge in [-0.2, -0.15) is 11.3 Å². The first-order valence-corrected chi connectivity index (χ1v) is 8.63. The molecule has 1 aromatic carbocycles. The highest BCUT2D eigenvalue weighted by Crippen LogP contribution is 2.21. The van der Waals surface area contributed by atoms with Gasteiger partial charge in [0.1, 0.15) is 5.69 Å². The van der Waals surface area contributed by atoms with Gasteiger partial charge >= 0.3 is 0 Å². The number of thiazole rings is 1. The van der Waals surface area contributed by atoms with Gasteiger partial charge in [-0.25, -0.2) is 9.67 Å². The van der Waals surface area contributed by atoms with E-state index in [-0.39, 0.29) is 5.91 Å². The number of aromatic nitrogens is 4. The maximum atomic E-state index is 12.2. The lowest BCUT2D eigenvalue weighted by Crippen LogP contribution is -2.22. The van der Waals surface area contributed by atoms with Crippen molar-refractivity contribution < 1.29 is 4.79 Å². The van der Waals surface area contributed by atoms with Crippen LogP contribution in [0.5, 0.6) is 0 Å². The first-order chi connectivity index (χ1) is 11.3. The highest BCUT2D eigenvalue weighted by atomic mass is 32.1. The molecule has 0 aliphatic rings. The smallest absolute Gasteiger partial charge is 0.280 e. The van der Waals surface area contributed by atoms with Crippen molar-refractivity contribution in [3.63, 3.8) is 0 Å². The van der Waals surface area contributed by atoms with Crippen LogP contribution in [0.4, 0.5) is 0 Å². The van der Waals surface area contributed by atoms with Crippen molar-refractivity contribution in [3.8, 4) is 5.69 Å². The third-order valence-electron chi connectivity index (χ3n) is 3.23. The molecule has 4 aromatic rings. The molecule has 0 radical (unpaired) electrons. The van der Waals surface area contributed by atoms with E-state index in [1.54, 1.807) is 22.2 Å². The number of hydrogen-bond donors (Lipinski definition) is 1. The number of fused-ring (bicyclic) bond motifs is 1. The number of carbonyl (C=O) groups is 1. The highest BCUT2D eigenvalue weighted by molar-refractivity contribution is 7.20. The first-order valence-electron chi connectivity index (χ1n) is 6.87. The van der Waals surface area contributed by atoms with Crippen LogP contribution in [-0.2, 0) is 6.54 Å². The third kappa shape index (κ3) is 2.86. The lowest BCUT2D eigenvalue weighted by atomic mass is 10.3. The molecule has 23 heavy (non-hydrogen) atoms. The van der Waals surface area contributed by atoms with Crippen LogP contribution in [0.15, 0.2) is 47.3 Å². The quantitative estimate of drug-likeness (QED) is 0.619. The zero-order valence-corrected chi connectivity index (χ0v) is 13.5. The first kappa shape index (κ1) is 14.0. The molecule has 8 heteroatoms. The minimum absolute atomic E-state index is 0.198. The van der Waals surface area contributed by atoms with Crippen LogP contribution in [-0.4, -0.2) is 25.9 Å². The van der Waals surface area contributed by atoms with Gasteiger partial charge in [-0.3, -0.25) is 4.79 Å². The van der Waals surface area contributed by atoms with E-state index < -0.39 is 0 Å². The predicted octanol–water partition coefficient (Wildman–Crippen LogP) is 2.87. The van der Waals surface area contributed by atoms with Crippen molar-refractivity contribution >= 4 is 38.8 Å². The van der Waals surface area contributed by atoms with Crippen LogP contribution in [0.25, 0.3) is 15.9 Å². The van der Waals surface area contributed by atoms with Crippen LogP contribution in [0.3, 0.4) is 0 Å². The summed E-state index contributed by atoms with van der Waals surface area (Å²) < 4.78 is 2.69. The van der Waals surface area contributed by atoms with Gasteiger partial charge in [0.15, 0.2) is 5.01 Å². The fraction of sp³-hybridized carbons (Fsp3) is 0.0667. The lowest BCUT2D eigenvalue weighted by molar-refractivity contribution is 0.0950. The van der Waals surface area contributed by atoms with E-state index in [2.05, 4.69) is 20.6 Å². The molecule has 6 nitrogen and oxygen atoms in total. The van der Waals surface area contributed by atoms with Gasteiger partial charge in [0, 0.05) is 5.38 Å². The Labute approximate surface area is 139 Å². The summed E-state index contributed by atoms with van der Waals surface area (Å²) in [4.78, 5) is 16.5. The molecule has 0 fully saturated rings. The van der Waals surface area contributed by atoms with Gasteiger partial charge in [0.25, 0.3) is 5.91 Å². The topological polar surface area (TPSA) is 72.7 Å². The number of amides is 1. The zero-order valence-electron chi connectivity index (χ0n) is 11.8. The number of thiophene rings is 1. The van der Waals surface area contributed by atoms with Gasteiger partial charge in [0.05, 0.1) is 28.6 Å². The number of benzene rings is 1. The van der Waals surface area contributed by atoms with E-state index in [1.807, 2.05) is 41.1 Å². The van der Waals surface area contributed by atoms with Crippen molar-refractivity contribution in [2.24, 2.45) is 0 Å². The monoisotopic (exact) mass is 341 g/mol. The van der Waals surface area contributed by atoms with Crippen molar-refractivity contribution in [1.82, 2.24) is 25.3 Å². The second kappa shape index (κ2) is 5.90. The summed E-state index contributed by atoms with van der Waals surface area (Å²) in [5, 5.41) is 15.4. The van der Waals surface area contributed by atoms with Gasteiger partial charge in [-0.15, -0.1) is 16.4 Å². The summed E-state index contributed by atoms with van der Waals surface area (Å²) in [6.45, 7) is 0.318. The van der Waals surface area contributed by atoms with Crippen LogP contribution < -0.4 is 5.32 Å². The van der Waals surface area contributed by atoms with E-state index in [4.69, 9.17) is 0 Å². The fourth-order valence-electron chi connectivity index (χ4n) is 2.11. The minimum atomic E-state index is -0.198. The van der Waals surface area contributed by atoms with Crippen molar-refractivity contribution in [3.05, 3.63) is 58.0 Å². The molecule has 0 bridgehead atoms. The van der Waals surface area contributed by atoms with E-state index in [1.165, 1.54) is 11.3 Å². The van der Waals surface area contributed by atoms with Crippen LogP contribution in [0, 0.1) is 0 Å². The second-order valence-electron chi connectivity index (χ2n) is 4.81.